The van der Waals surface area contributed by atoms with Gasteiger partial charge in [0.2, 0.25) is 0 Å². The lowest BCUT2D eigenvalue weighted by atomic mass is 9.99. The van der Waals surface area contributed by atoms with Gasteiger partial charge < -0.3 is 9.13 Å². The van der Waals surface area contributed by atoms with Gasteiger partial charge in [0, 0.05) is 44.0 Å². The number of benzene rings is 8. The van der Waals surface area contributed by atoms with Crippen LogP contribution < -0.4 is 5.19 Å². The smallest absolute Gasteiger partial charge is 0.0775 e. The van der Waals surface area contributed by atoms with Gasteiger partial charge in [0.1, 0.15) is 0 Å². The number of nitrogens with zero attached hydrogens (tertiary/aromatic N) is 3. The first-order valence-electron chi connectivity index (χ1n) is 20.8. The van der Waals surface area contributed by atoms with E-state index in [2.05, 4.69) is 235 Å². The van der Waals surface area contributed by atoms with Gasteiger partial charge in [0.25, 0.3) is 0 Å². The molecule has 11 aromatic rings. The monoisotopic (exact) mass is 785 g/mol. The number of para-hydroxylation sites is 2. The van der Waals surface area contributed by atoms with Gasteiger partial charge >= 0.3 is 0 Å². The SMILES string of the molecule is C[Si](C)(C)c1ccc(-n2c3ccccc3c3cc(-c4ccc5c(c4)c4ccccc4n5-c4cccc(-c5cc(-c6ccccc6)nc(-c6ccccc6)c5)c4)ccc32)cc1. The molecule has 3 heterocycles. The van der Waals surface area contributed by atoms with E-state index < -0.39 is 8.07 Å². The van der Waals surface area contributed by atoms with Crippen molar-refractivity contribution in [1.29, 1.82) is 0 Å². The summed E-state index contributed by atoms with van der Waals surface area (Å²) < 4.78 is 4.84. The van der Waals surface area contributed by atoms with Crippen molar-refractivity contribution in [2.45, 2.75) is 19.6 Å². The van der Waals surface area contributed by atoms with E-state index in [1.54, 1.807) is 0 Å². The van der Waals surface area contributed by atoms with Crippen molar-refractivity contribution in [3.63, 3.8) is 0 Å². The molecule has 11 rings (SSSR count). The molecule has 60 heavy (non-hydrogen) atoms. The van der Waals surface area contributed by atoms with Crippen molar-refractivity contribution in [1.82, 2.24) is 14.1 Å². The first-order valence-corrected chi connectivity index (χ1v) is 24.3. The minimum Gasteiger partial charge on any atom is -0.309 e. The zero-order chi connectivity index (χ0) is 40.4. The normalized spacial score (nSPS) is 11.9. The molecule has 3 nitrogen and oxygen atoms in total. The van der Waals surface area contributed by atoms with Gasteiger partial charge in [0.05, 0.1) is 41.5 Å². The summed E-state index contributed by atoms with van der Waals surface area (Å²) in [5.41, 5.74) is 15.9. The first-order chi connectivity index (χ1) is 29.4. The highest BCUT2D eigenvalue weighted by atomic mass is 28.3. The maximum absolute atomic E-state index is 5.14. The third-order valence-corrected chi connectivity index (χ3v) is 14.1. The van der Waals surface area contributed by atoms with Crippen LogP contribution in [-0.4, -0.2) is 22.2 Å². The largest absolute Gasteiger partial charge is 0.309 e. The molecule has 0 aliphatic carbocycles. The van der Waals surface area contributed by atoms with E-state index in [9.17, 15) is 0 Å². The second-order valence-corrected chi connectivity index (χ2v) is 22.0. The van der Waals surface area contributed by atoms with Crippen LogP contribution in [0.4, 0.5) is 0 Å². The number of rotatable bonds is 7. The van der Waals surface area contributed by atoms with Crippen molar-refractivity contribution in [3.8, 4) is 56.1 Å². The second-order valence-electron chi connectivity index (χ2n) is 16.9. The van der Waals surface area contributed by atoms with Gasteiger partial charge in [-0.25, -0.2) is 4.98 Å². The Hall–Kier alpha value is -7.27. The molecule has 0 atom stereocenters. The Bertz CT molecular complexity index is 3330. The van der Waals surface area contributed by atoms with Crippen LogP contribution in [0.5, 0.6) is 0 Å². The fraction of sp³-hybridized carbons (Fsp3) is 0.0536. The van der Waals surface area contributed by atoms with Crippen LogP contribution in [0.3, 0.4) is 0 Å². The van der Waals surface area contributed by atoms with Crippen LogP contribution >= 0.6 is 0 Å². The highest BCUT2D eigenvalue weighted by Crippen LogP contribution is 2.39. The highest BCUT2D eigenvalue weighted by molar-refractivity contribution is 6.88. The molecular weight excluding hydrogens is 743 g/mol. The van der Waals surface area contributed by atoms with Gasteiger partial charge in [0.15, 0.2) is 0 Å². The molecule has 0 aliphatic rings. The number of aromatic nitrogens is 3. The average Bonchev–Trinajstić information content (AvgIpc) is 3.81. The Morgan fingerprint density at radius 2 is 0.767 bits per heavy atom. The molecule has 0 saturated heterocycles. The lowest BCUT2D eigenvalue weighted by Gasteiger charge is -2.17. The van der Waals surface area contributed by atoms with Crippen molar-refractivity contribution >= 4 is 56.9 Å². The summed E-state index contributed by atoms with van der Waals surface area (Å²) >= 11 is 0. The van der Waals surface area contributed by atoms with Gasteiger partial charge in [-0.15, -0.1) is 0 Å². The minimum atomic E-state index is -1.40. The lowest BCUT2D eigenvalue weighted by Crippen LogP contribution is -2.37. The third-order valence-electron chi connectivity index (χ3n) is 12.1. The summed E-state index contributed by atoms with van der Waals surface area (Å²) in [5.74, 6) is 0. The third kappa shape index (κ3) is 6.16. The summed E-state index contributed by atoms with van der Waals surface area (Å²) in [4.78, 5) is 5.14. The highest BCUT2D eigenvalue weighted by Gasteiger charge is 2.19. The maximum atomic E-state index is 5.14. The summed E-state index contributed by atoms with van der Waals surface area (Å²) in [6.07, 6.45) is 0. The Balaban J connectivity index is 1.02. The van der Waals surface area contributed by atoms with Crippen LogP contribution in [0, 0.1) is 0 Å². The summed E-state index contributed by atoms with van der Waals surface area (Å²) in [6, 6.07) is 75.1. The zero-order valence-corrected chi connectivity index (χ0v) is 35.0. The fourth-order valence-electron chi connectivity index (χ4n) is 9.01. The summed E-state index contributed by atoms with van der Waals surface area (Å²) in [7, 11) is -1.40. The molecule has 0 bridgehead atoms. The average molecular weight is 786 g/mol. The summed E-state index contributed by atoms with van der Waals surface area (Å²) in [6.45, 7) is 7.22. The molecule has 0 radical (unpaired) electrons. The molecule has 0 amide bonds. The molecule has 0 aliphatic heterocycles. The first kappa shape index (κ1) is 35.9. The van der Waals surface area contributed by atoms with Crippen LogP contribution in [0.1, 0.15) is 0 Å². The molecule has 0 unspecified atom stereocenters. The molecule has 0 spiro atoms. The Morgan fingerprint density at radius 1 is 0.317 bits per heavy atom. The minimum absolute atomic E-state index is 0.959. The molecule has 0 saturated carbocycles. The van der Waals surface area contributed by atoms with E-state index in [1.807, 2.05) is 0 Å². The fourth-order valence-corrected chi connectivity index (χ4v) is 10.2. The molecule has 0 N–H and O–H groups in total. The lowest BCUT2D eigenvalue weighted by molar-refractivity contribution is 1.18. The van der Waals surface area contributed by atoms with E-state index in [1.165, 1.54) is 65.6 Å². The Labute approximate surface area is 351 Å². The van der Waals surface area contributed by atoms with Gasteiger partial charge in [-0.1, -0.05) is 158 Å². The predicted molar refractivity (Wildman–Crippen MR) is 258 cm³/mol. The van der Waals surface area contributed by atoms with E-state index in [4.69, 9.17) is 4.98 Å². The van der Waals surface area contributed by atoms with E-state index in [0.29, 0.717) is 0 Å². The summed E-state index contributed by atoms with van der Waals surface area (Å²) in [5, 5.41) is 6.48. The number of hydrogen-bond acceptors (Lipinski definition) is 1. The maximum Gasteiger partial charge on any atom is 0.0775 e. The molecule has 8 aromatic carbocycles. The topological polar surface area (TPSA) is 22.8 Å². The quantitative estimate of drug-likeness (QED) is 0.148. The van der Waals surface area contributed by atoms with Crippen LogP contribution in [0.2, 0.25) is 19.6 Å². The van der Waals surface area contributed by atoms with Crippen molar-refractivity contribution in [2.24, 2.45) is 0 Å². The van der Waals surface area contributed by atoms with Crippen LogP contribution in [0.15, 0.2) is 206 Å². The van der Waals surface area contributed by atoms with Crippen molar-refractivity contribution < 1.29 is 0 Å². The molecule has 3 aromatic heterocycles. The van der Waals surface area contributed by atoms with Gasteiger partial charge in [-0.3, -0.25) is 0 Å². The van der Waals surface area contributed by atoms with E-state index in [-0.39, 0.29) is 0 Å². The predicted octanol–water partition coefficient (Wildman–Crippen LogP) is 14.5. The molecule has 286 valence electrons. The van der Waals surface area contributed by atoms with Gasteiger partial charge in [-0.05, 0) is 95.1 Å². The Kier molecular flexibility index (Phi) is 8.50. The molecule has 0 fully saturated rings. The molecular formula is C56H43N3Si. The number of fused-ring (bicyclic) bond motifs is 6. The number of pyridine rings is 1. The van der Waals surface area contributed by atoms with E-state index in [0.717, 1.165) is 39.3 Å². The Morgan fingerprint density at radius 3 is 1.30 bits per heavy atom. The number of hydrogen-bond donors (Lipinski definition) is 0. The van der Waals surface area contributed by atoms with E-state index >= 15 is 0 Å². The van der Waals surface area contributed by atoms with Crippen LogP contribution in [0.25, 0.3) is 99.8 Å². The van der Waals surface area contributed by atoms with Crippen LogP contribution in [-0.2, 0) is 0 Å². The second kappa shape index (κ2) is 14.2. The zero-order valence-electron chi connectivity index (χ0n) is 34.0. The standard InChI is InChI=1S/C56H43N3Si/c1-60(2,3)46-29-27-44(28-30-46)58-53-23-12-10-21-47(53)49-34-41(25-31-55(49)58)42-26-32-56-50(35-42)48-22-11-13-24-54(48)59(56)45-20-14-19-40(33-45)43-36-51(38-15-6-4-7-16-38)57-52(37-43)39-17-8-5-9-18-39/h4-37H,1-3H3. The van der Waals surface area contributed by atoms with Crippen molar-refractivity contribution in [2.75, 3.05) is 0 Å². The molecule has 4 heteroatoms. The van der Waals surface area contributed by atoms with Crippen molar-refractivity contribution in [3.05, 3.63) is 206 Å². The van der Waals surface area contributed by atoms with Gasteiger partial charge in [-0.2, -0.15) is 0 Å².